The van der Waals surface area contributed by atoms with Gasteiger partial charge in [-0.2, -0.15) is 0 Å². The zero-order valence-corrected chi connectivity index (χ0v) is 12.5. The van der Waals surface area contributed by atoms with E-state index in [0.717, 1.165) is 10.9 Å². The van der Waals surface area contributed by atoms with Gasteiger partial charge in [0, 0.05) is 11.8 Å². The van der Waals surface area contributed by atoms with Gasteiger partial charge in [-0.15, -0.1) is 0 Å². The number of amidine groups is 1. The SMILES string of the molecule is CC1(C)CCCC1NC1=NC(c2ccccc2)CS1. The molecule has 2 nitrogen and oxygen atoms in total. The molecule has 3 rings (SSSR count). The molecule has 0 radical (unpaired) electrons. The molecule has 2 unspecified atom stereocenters. The van der Waals surface area contributed by atoms with Gasteiger partial charge in [0.15, 0.2) is 5.17 Å². The highest BCUT2D eigenvalue weighted by molar-refractivity contribution is 8.14. The van der Waals surface area contributed by atoms with Gasteiger partial charge in [-0.25, -0.2) is 0 Å². The number of nitrogens with zero attached hydrogens (tertiary/aromatic N) is 1. The third-order valence-electron chi connectivity index (χ3n) is 4.39. The topological polar surface area (TPSA) is 24.4 Å². The van der Waals surface area contributed by atoms with Crippen molar-refractivity contribution in [3.8, 4) is 0 Å². The first-order valence-corrected chi connectivity index (χ1v) is 8.16. The molecule has 1 aliphatic heterocycles. The first-order chi connectivity index (χ1) is 9.15. The summed E-state index contributed by atoms with van der Waals surface area (Å²) in [4.78, 5) is 4.86. The fraction of sp³-hybridized carbons (Fsp3) is 0.562. The second kappa shape index (κ2) is 5.20. The predicted molar refractivity (Wildman–Crippen MR) is 83.6 cm³/mol. The minimum atomic E-state index is 0.332. The van der Waals surface area contributed by atoms with Crippen molar-refractivity contribution in [1.29, 1.82) is 0 Å². The van der Waals surface area contributed by atoms with Crippen molar-refractivity contribution in [2.75, 3.05) is 5.75 Å². The molecular formula is C16H22N2S. The van der Waals surface area contributed by atoms with Crippen molar-refractivity contribution < 1.29 is 0 Å². The summed E-state index contributed by atoms with van der Waals surface area (Å²) < 4.78 is 0. The van der Waals surface area contributed by atoms with Gasteiger partial charge >= 0.3 is 0 Å². The molecule has 0 bridgehead atoms. The Morgan fingerprint density at radius 3 is 2.74 bits per heavy atom. The number of rotatable bonds is 2. The fourth-order valence-electron chi connectivity index (χ4n) is 3.04. The van der Waals surface area contributed by atoms with Crippen LogP contribution in [-0.4, -0.2) is 17.0 Å². The lowest BCUT2D eigenvalue weighted by Crippen LogP contribution is -2.39. The maximum atomic E-state index is 4.86. The molecule has 1 saturated carbocycles. The van der Waals surface area contributed by atoms with E-state index in [0.29, 0.717) is 17.5 Å². The molecule has 1 aliphatic carbocycles. The highest BCUT2D eigenvalue weighted by atomic mass is 32.2. The Balaban J connectivity index is 1.67. The van der Waals surface area contributed by atoms with Gasteiger partial charge in [-0.3, -0.25) is 4.99 Å². The molecule has 0 saturated heterocycles. The van der Waals surface area contributed by atoms with E-state index in [1.54, 1.807) is 0 Å². The quantitative estimate of drug-likeness (QED) is 0.881. The highest BCUT2D eigenvalue weighted by Crippen LogP contribution is 2.38. The number of benzene rings is 1. The smallest absolute Gasteiger partial charge is 0.157 e. The number of aliphatic imine (C=N–C) groups is 1. The van der Waals surface area contributed by atoms with Crippen LogP contribution in [0.25, 0.3) is 0 Å². The first-order valence-electron chi connectivity index (χ1n) is 7.17. The second-order valence-corrected chi connectivity index (χ2v) is 7.26. The van der Waals surface area contributed by atoms with Crippen LogP contribution in [0.1, 0.15) is 44.7 Å². The molecule has 1 aromatic carbocycles. The maximum Gasteiger partial charge on any atom is 0.157 e. The lowest BCUT2D eigenvalue weighted by molar-refractivity contribution is 0.312. The monoisotopic (exact) mass is 274 g/mol. The number of hydrogen-bond donors (Lipinski definition) is 1. The number of nitrogens with one attached hydrogen (secondary N) is 1. The van der Waals surface area contributed by atoms with E-state index < -0.39 is 0 Å². The summed E-state index contributed by atoms with van der Waals surface area (Å²) >= 11 is 1.87. The molecular weight excluding hydrogens is 252 g/mol. The molecule has 2 atom stereocenters. The molecule has 3 heteroatoms. The number of hydrogen-bond acceptors (Lipinski definition) is 3. The average Bonchev–Trinajstić information content (AvgIpc) is 2.99. The Morgan fingerprint density at radius 2 is 2.05 bits per heavy atom. The molecule has 1 N–H and O–H groups in total. The summed E-state index contributed by atoms with van der Waals surface area (Å²) in [5.41, 5.74) is 1.74. The van der Waals surface area contributed by atoms with Gasteiger partial charge in [-0.1, -0.05) is 62.4 Å². The van der Waals surface area contributed by atoms with Gasteiger partial charge in [0.05, 0.1) is 6.04 Å². The zero-order chi connectivity index (χ0) is 13.3. The van der Waals surface area contributed by atoms with Crippen molar-refractivity contribution in [2.24, 2.45) is 10.4 Å². The predicted octanol–water partition coefficient (Wildman–Crippen LogP) is 4.00. The maximum absolute atomic E-state index is 4.86. The van der Waals surface area contributed by atoms with Crippen LogP contribution in [0.5, 0.6) is 0 Å². The highest BCUT2D eigenvalue weighted by Gasteiger charge is 2.35. The first kappa shape index (κ1) is 13.0. The molecule has 19 heavy (non-hydrogen) atoms. The van der Waals surface area contributed by atoms with Crippen molar-refractivity contribution in [3.63, 3.8) is 0 Å². The summed E-state index contributed by atoms with van der Waals surface area (Å²) in [5, 5.41) is 4.83. The van der Waals surface area contributed by atoms with E-state index in [9.17, 15) is 0 Å². The molecule has 1 heterocycles. The summed E-state index contributed by atoms with van der Waals surface area (Å²) in [6.45, 7) is 4.74. The number of thioether (sulfide) groups is 1. The Kier molecular flexibility index (Phi) is 3.57. The van der Waals surface area contributed by atoms with Crippen LogP contribution in [-0.2, 0) is 0 Å². The zero-order valence-electron chi connectivity index (χ0n) is 11.7. The standard InChI is InChI=1S/C16H22N2S/c1-16(2)10-6-9-14(16)18-15-17-13(11-19-15)12-7-4-3-5-8-12/h3-5,7-8,13-14H,6,9-11H2,1-2H3,(H,17,18). The molecule has 2 aliphatic rings. The lowest BCUT2D eigenvalue weighted by atomic mass is 9.87. The molecule has 0 amide bonds. The van der Waals surface area contributed by atoms with E-state index in [4.69, 9.17) is 4.99 Å². The van der Waals surface area contributed by atoms with Crippen molar-refractivity contribution >= 4 is 16.9 Å². The van der Waals surface area contributed by atoms with Crippen LogP contribution in [0.2, 0.25) is 0 Å². The van der Waals surface area contributed by atoms with Crippen molar-refractivity contribution in [1.82, 2.24) is 5.32 Å². The third kappa shape index (κ3) is 2.81. The van der Waals surface area contributed by atoms with Crippen LogP contribution >= 0.6 is 11.8 Å². The van der Waals surface area contributed by atoms with Gasteiger partial charge in [-0.05, 0) is 23.8 Å². The Hall–Kier alpha value is -0.960. The van der Waals surface area contributed by atoms with Crippen LogP contribution in [0, 0.1) is 5.41 Å². The van der Waals surface area contributed by atoms with E-state index in [1.165, 1.54) is 24.8 Å². The van der Waals surface area contributed by atoms with Crippen molar-refractivity contribution in [2.45, 2.75) is 45.2 Å². The van der Waals surface area contributed by atoms with Gasteiger partial charge in [0.25, 0.3) is 0 Å². The molecule has 0 aromatic heterocycles. The third-order valence-corrected chi connectivity index (χ3v) is 5.37. The Morgan fingerprint density at radius 1 is 1.26 bits per heavy atom. The van der Waals surface area contributed by atoms with Crippen LogP contribution in [0.3, 0.4) is 0 Å². The normalized spacial score (nSPS) is 29.3. The van der Waals surface area contributed by atoms with Gasteiger partial charge in [0.2, 0.25) is 0 Å². The van der Waals surface area contributed by atoms with E-state index in [-0.39, 0.29) is 0 Å². The van der Waals surface area contributed by atoms with Gasteiger partial charge < -0.3 is 5.32 Å². The fourth-order valence-corrected chi connectivity index (χ4v) is 4.05. The minimum Gasteiger partial charge on any atom is -0.362 e. The van der Waals surface area contributed by atoms with Crippen LogP contribution in [0.4, 0.5) is 0 Å². The summed E-state index contributed by atoms with van der Waals surface area (Å²) in [6, 6.07) is 11.5. The largest absolute Gasteiger partial charge is 0.362 e. The summed E-state index contributed by atoms with van der Waals surface area (Å²) in [6.07, 6.45) is 3.94. The van der Waals surface area contributed by atoms with Crippen LogP contribution in [0.15, 0.2) is 35.3 Å². The second-order valence-electron chi connectivity index (χ2n) is 6.25. The molecule has 1 fully saturated rings. The van der Waals surface area contributed by atoms with Gasteiger partial charge in [0.1, 0.15) is 0 Å². The Labute approximate surface area is 120 Å². The Bertz CT molecular complexity index is 467. The molecule has 1 aromatic rings. The van der Waals surface area contributed by atoms with Crippen LogP contribution < -0.4 is 5.32 Å². The van der Waals surface area contributed by atoms with Crippen molar-refractivity contribution in [3.05, 3.63) is 35.9 Å². The molecule has 102 valence electrons. The summed E-state index contributed by atoms with van der Waals surface area (Å²) in [5.74, 6) is 1.07. The van der Waals surface area contributed by atoms with E-state index in [1.807, 2.05) is 11.8 Å². The lowest BCUT2D eigenvalue weighted by Gasteiger charge is -2.28. The minimum absolute atomic E-state index is 0.332. The van der Waals surface area contributed by atoms with E-state index >= 15 is 0 Å². The van der Waals surface area contributed by atoms with E-state index in [2.05, 4.69) is 49.5 Å². The average molecular weight is 274 g/mol. The molecule has 0 spiro atoms. The summed E-state index contributed by atoms with van der Waals surface area (Å²) in [7, 11) is 0.